The Hall–Kier alpha value is -2.22. The monoisotopic (exact) mass is 306 g/mol. The lowest BCUT2D eigenvalue weighted by Gasteiger charge is -2.11. The number of nitrogens with zero attached hydrogens (tertiary/aromatic N) is 2. The van der Waals surface area contributed by atoms with Crippen LogP contribution in [0.15, 0.2) is 42.7 Å². The predicted octanol–water partition coefficient (Wildman–Crippen LogP) is 4.54. The van der Waals surface area contributed by atoms with E-state index in [0.717, 1.165) is 23.0 Å². The van der Waals surface area contributed by atoms with Gasteiger partial charge in [-0.05, 0) is 60.5 Å². The molecule has 3 rings (SSSR count). The van der Waals surface area contributed by atoms with Crippen LogP contribution in [0.25, 0.3) is 22.2 Å². The summed E-state index contributed by atoms with van der Waals surface area (Å²) in [5, 5.41) is 1.11. The van der Waals surface area contributed by atoms with Gasteiger partial charge in [0.1, 0.15) is 5.69 Å². The topological polar surface area (TPSA) is 16.8 Å². The third kappa shape index (κ3) is 3.12. The molecule has 0 unspecified atom stereocenters. The van der Waals surface area contributed by atoms with Crippen molar-refractivity contribution in [2.24, 2.45) is 13.0 Å². The highest BCUT2D eigenvalue weighted by Gasteiger charge is 2.17. The summed E-state index contributed by atoms with van der Waals surface area (Å²) in [4.78, 5) is 4.51. The molecule has 2 heteroatoms. The summed E-state index contributed by atoms with van der Waals surface area (Å²) in [5.74, 6) is 0.608. The van der Waals surface area contributed by atoms with Crippen LogP contribution in [0.1, 0.15) is 31.9 Å². The molecule has 0 aliphatic rings. The molecule has 2 aromatic carbocycles. The molecule has 0 saturated carbocycles. The van der Waals surface area contributed by atoms with Gasteiger partial charge in [0.25, 0.3) is 6.30 Å². The van der Waals surface area contributed by atoms with Gasteiger partial charge < -0.3 is 0 Å². The Morgan fingerprint density at radius 1 is 1.13 bits per heavy atom. The van der Waals surface area contributed by atoms with Gasteiger partial charge in [-0.15, -0.1) is 0 Å². The first kappa shape index (κ1) is 14.4. The zero-order chi connectivity index (χ0) is 17.4. The normalized spacial score (nSPS) is 12.0. The van der Waals surface area contributed by atoms with Gasteiger partial charge in [0.05, 0.1) is 12.4 Å². The molecule has 1 heterocycles. The van der Waals surface area contributed by atoms with Crippen LogP contribution in [0, 0.1) is 19.8 Å². The van der Waals surface area contributed by atoms with Crippen LogP contribution in [-0.2, 0) is 13.5 Å². The zero-order valence-corrected chi connectivity index (χ0v) is 14.6. The van der Waals surface area contributed by atoms with Crippen molar-refractivity contribution in [3.05, 3.63) is 59.4 Å². The van der Waals surface area contributed by atoms with Crippen LogP contribution >= 0.6 is 0 Å². The second-order valence-electron chi connectivity index (χ2n) is 6.89. The van der Waals surface area contributed by atoms with E-state index in [1.165, 1.54) is 22.3 Å². The van der Waals surface area contributed by atoms with Crippen molar-refractivity contribution in [3.63, 3.8) is 0 Å². The van der Waals surface area contributed by atoms with Gasteiger partial charge in [-0.1, -0.05) is 37.6 Å². The Kier molecular flexibility index (Phi) is 3.82. The molecule has 23 heavy (non-hydrogen) atoms. The minimum absolute atomic E-state index is 0.292. The number of rotatable bonds is 3. The van der Waals surface area contributed by atoms with E-state index < -0.39 is 0 Å². The van der Waals surface area contributed by atoms with Gasteiger partial charge in [0.15, 0.2) is 6.89 Å². The fourth-order valence-electron chi connectivity index (χ4n) is 3.14. The Bertz CT molecular complexity index is 913. The van der Waals surface area contributed by atoms with Crippen LogP contribution in [-0.4, -0.2) is 4.98 Å². The molecule has 0 aliphatic heterocycles. The van der Waals surface area contributed by atoms with E-state index in [0.29, 0.717) is 12.2 Å². The number of hydrogen-bond acceptors (Lipinski definition) is 1. The summed E-state index contributed by atoms with van der Waals surface area (Å²) in [6, 6.07) is 13.0. The largest absolute Gasteiger partial charge is 0.287 e. The fourth-order valence-corrected chi connectivity index (χ4v) is 3.14. The van der Waals surface area contributed by atoms with Crippen LogP contribution in [0.4, 0.5) is 0 Å². The predicted molar refractivity (Wildman–Crippen MR) is 96.4 cm³/mol. The highest BCUT2D eigenvalue weighted by molar-refractivity contribution is 5.91. The highest BCUT2D eigenvalue weighted by Crippen LogP contribution is 2.28. The second kappa shape index (κ2) is 6.11. The molecule has 0 fully saturated rings. The number of hydrogen-bond donors (Lipinski definition) is 0. The first-order valence-corrected chi connectivity index (χ1v) is 8.23. The Morgan fingerprint density at radius 2 is 1.91 bits per heavy atom. The van der Waals surface area contributed by atoms with Crippen LogP contribution in [0.3, 0.4) is 0 Å². The average molecular weight is 306 g/mol. The summed E-state index contributed by atoms with van der Waals surface area (Å²) >= 11 is 0. The molecular formula is C21H25N2+. The molecule has 0 bridgehead atoms. The molecule has 1 aromatic heterocycles. The molecule has 0 radical (unpaired) electrons. The van der Waals surface area contributed by atoms with Crippen molar-refractivity contribution in [2.75, 3.05) is 0 Å². The molecule has 118 valence electrons. The quantitative estimate of drug-likeness (QED) is 0.649. The maximum atomic E-state index is 8.28. The van der Waals surface area contributed by atoms with E-state index in [1.54, 1.807) is 0 Å². The van der Waals surface area contributed by atoms with E-state index in [2.05, 4.69) is 69.1 Å². The van der Waals surface area contributed by atoms with Crippen molar-refractivity contribution >= 4 is 10.9 Å². The van der Waals surface area contributed by atoms with Crippen molar-refractivity contribution in [3.8, 4) is 11.3 Å². The van der Waals surface area contributed by atoms with Gasteiger partial charge in [0.2, 0.25) is 0 Å². The van der Waals surface area contributed by atoms with E-state index in [4.69, 9.17) is 1.37 Å². The number of benzene rings is 2. The lowest BCUT2D eigenvalue weighted by atomic mass is 9.97. The van der Waals surface area contributed by atoms with Crippen molar-refractivity contribution in [1.29, 1.82) is 0 Å². The minimum Gasteiger partial charge on any atom is -0.232 e. The summed E-state index contributed by atoms with van der Waals surface area (Å²) in [6.07, 6.45) is 1.32. The molecule has 0 saturated heterocycles. The highest BCUT2D eigenvalue weighted by atomic mass is 15.0. The van der Waals surface area contributed by atoms with Gasteiger partial charge in [-0.3, -0.25) is 0 Å². The summed E-state index contributed by atoms with van der Waals surface area (Å²) in [7, 11) is 1.92. The van der Waals surface area contributed by atoms with Gasteiger partial charge in [-0.2, -0.15) is 0 Å². The number of aryl methyl sites for hydroxylation is 2. The van der Waals surface area contributed by atoms with Gasteiger partial charge in [0, 0.05) is 5.56 Å². The third-order valence-corrected chi connectivity index (χ3v) is 4.27. The zero-order valence-electron chi connectivity index (χ0n) is 15.6. The van der Waals surface area contributed by atoms with Gasteiger partial charge >= 0.3 is 0 Å². The van der Waals surface area contributed by atoms with E-state index in [1.807, 2.05) is 11.6 Å². The molecule has 3 aromatic rings. The molecule has 0 N–H and O–H groups in total. The van der Waals surface area contributed by atoms with Crippen molar-refractivity contribution in [2.45, 2.75) is 34.1 Å². The summed E-state index contributed by atoms with van der Waals surface area (Å²) < 4.78 is 10.2. The second-order valence-corrected chi connectivity index (χ2v) is 6.89. The molecule has 2 nitrogen and oxygen atoms in total. The summed E-state index contributed by atoms with van der Waals surface area (Å²) in [6.45, 7) is 8.67. The van der Waals surface area contributed by atoms with Crippen molar-refractivity contribution in [1.82, 2.24) is 4.98 Å². The lowest BCUT2D eigenvalue weighted by Crippen LogP contribution is -2.31. The van der Waals surface area contributed by atoms with E-state index >= 15 is 0 Å². The summed E-state index contributed by atoms with van der Waals surface area (Å²) in [5.41, 5.74) is 6.88. The Labute approximate surface area is 140 Å². The van der Waals surface area contributed by atoms with Crippen LogP contribution in [0.5, 0.6) is 0 Å². The Morgan fingerprint density at radius 3 is 2.65 bits per heavy atom. The van der Waals surface area contributed by atoms with E-state index in [9.17, 15) is 0 Å². The average Bonchev–Trinajstić information content (AvgIpc) is 2.51. The molecule has 0 spiro atoms. The van der Waals surface area contributed by atoms with Gasteiger partial charge in [-0.25, -0.2) is 4.57 Å². The smallest absolute Gasteiger partial charge is 0.232 e. The fraction of sp³-hybridized carbons (Fsp3) is 0.333. The maximum absolute atomic E-state index is 8.28. The minimum atomic E-state index is 0.292. The van der Waals surface area contributed by atoms with E-state index in [-0.39, 0.29) is 0 Å². The SMILES string of the molecule is [2H]c1nc2cc(CC(C)C)ccc2c(-c2cc(C)ccc2C)[n+]1C. The standard InChI is InChI=1S/C21H25N2/c1-14(2)10-17-8-9-18-20(12-17)22-13-23(5)21(18)19-11-15(3)6-7-16(19)4/h6-9,11-14H,10H2,1-5H3/q+1/i13D. The Balaban J connectivity index is 2.30. The lowest BCUT2D eigenvalue weighted by molar-refractivity contribution is -0.662. The van der Waals surface area contributed by atoms with Crippen molar-refractivity contribution < 1.29 is 5.94 Å². The van der Waals surface area contributed by atoms with Crippen LogP contribution < -0.4 is 4.57 Å². The molecular weight excluding hydrogens is 280 g/mol. The van der Waals surface area contributed by atoms with Crippen LogP contribution in [0.2, 0.25) is 0 Å². The molecule has 0 atom stereocenters. The third-order valence-electron chi connectivity index (χ3n) is 4.27. The first-order chi connectivity index (χ1) is 11.4. The maximum Gasteiger partial charge on any atom is 0.287 e. The number of aromatic nitrogens is 2. The molecule has 0 amide bonds. The number of fused-ring (bicyclic) bond motifs is 1. The molecule has 0 aliphatic carbocycles. The first-order valence-electron chi connectivity index (χ1n) is 8.73.